The van der Waals surface area contributed by atoms with E-state index in [1.165, 1.54) is 0 Å². The lowest BCUT2D eigenvalue weighted by Crippen LogP contribution is -2.37. The second-order valence-electron chi connectivity index (χ2n) is 6.24. The summed E-state index contributed by atoms with van der Waals surface area (Å²) in [7, 11) is -3.30. The molecule has 0 bridgehead atoms. The number of hydrogen-bond acceptors (Lipinski definition) is 5. The summed E-state index contributed by atoms with van der Waals surface area (Å²) in [4.78, 5) is 13.2. The molecule has 1 aliphatic rings. The minimum atomic E-state index is -3.30. The van der Waals surface area contributed by atoms with Crippen molar-refractivity contribution in [3.63, 3.8) is 0 Å². The lowest BCUT2D eigenvalue weighted by molar-refractivity contribution is -0.127. The first-order valence-electron chi connectivity index (χ1n) is 8.24. The number of amides is 1. The minimum Gasteiger partial charge on any atom is -0.343 e. The summed E-state index contributed by atoms with van der Waals surface area (Å²) in [6, 6.07) is 9.21. The molecule has 0 aliphatic heterocycles. The average Bonchev–Trinajstić information content (AvgIpc) is 2.57. The van der Waals surface area contributed by atoms with Gasteiger partial charge in [0.2, 0.25) is 15.9 Å². The summed E-state index contributed by atoms with van der Waals surface area (Å²) in [6.45, 7) is 0.0500. The van der Waals surface area contributed by atoms with Crippen molar-refractivity contribution >= 4 is 33.4 Å². The van der Waals surface area contributed by atoms with E-state index in [1.54, 1.807) is 23.9 Å². The third-order valence-corrected chi connectivity index (χ3v) is 5.98. The van der Waals surface area contributed by atoms with E-state index in [-0.39, 0.29) is 24.3 Å². The molecule has 136 valence electrons. The molecule has 1 fully saturated rings. The zero-order valence-electron chi connectivity index (χ0n) is 14.2. The third kappa shape index (κ3) is 6.59. The number of anilines is 1. The molecule has 1 saturated carbocycles. The molecule has 2 atom stereocenters. The van der Waals surface area contributed by atoms with Gasteiger partial charge in [-0.2, -0.15) is 5.26 Å². The van der Waals surface area contributed by atoms with Gasteiger partial charge in [-0.3, -0.25) is 9.52 Å². The number of thioether (sulfide) groups is 1. The third-order valence-electron chi connectivity index (χ3n) is 4.19. The summed E-state index contributed by atoms with van der Waals surface area (Å²) in [5.41, 5.74) is 0.541. The Morgan fingerprint density at radius 2 is 2.12 bits per heavy atom. The molecule has 2 rings (SSSR count). The summed E-state index contributed by atoms with van der Waals surface area (Å²) < 4.78 is 25.1. The highest BCUT2D eigenvalue weighted by molar-refractivity contribution is 7.99. The van der Waals surface area contributed by atoms with E-state index >= 15 is 0 Å². The molecule has 1 aliphatic carbocycles. The SMILES string of the molecule is CS(=O)(=O)Nc1cccc(SCC2CCCCC2C(=O)NCC#N)c1. The van der Waals surface area contributed by atoms with Crippen LogP contribution in [0.15, 0.2) is 29.2 Å². The van der Waals surface area contributed by atoms with Crippen LogP contribution < -0.4 is 10.0 Å². The molecular weight excluding hydrogens is 358 g/mol. The van der Waals surface area contributed by atoms with Gasteiger partial charge >= 0.3 is 0 Å². The predicted molar refractivity (Wildman–Crippen MR) is 99.7 cm³/mol. The largest absolute Gasteiger partial charge is 0.343 e. The van der Waals surface area contributed by atoms with Crippen molar-refractivity contribution in [3.8, 4) is 6.07 Å². The smallest absolute Gasteiger partial charge is 0.229 e. The second-order valence-corrected chi connectivity index (χ2v) is 9.08. The summed E-state index contributed by atoms with van der Waals surface area (Å²) in [5.74, 6) is 0.989. The Labute approximate surface area is 153 Å². The van der Waals surface area contributed by atoms with Crippen LogP contribution in [-0.2, 0) is 14.8 Å². The first-order chi connectivity index (χ1) is 11.9. The van der Waals surface area contributed by atoms with Gasteiger partial charge in [0.25, 0.3) is 0 Å². The molecule has 1 aromatic carbocycles. The van der Waals surface area contributed by atoms with E-state index in [0.717, 1.165) is 42.6 Å². The molecule has 2 unspecified atom stereocenters. The van der Waals surface area contributed by atoms with E-state index in [2.05, 4.69) is 10.0 Å². The van der Waals surface area contributed by atoms with Crippen LogP contribution in [0.4, 0.5) is 5.69 Å². The normalized spacial score (nSPS) is 20.5. The molecule has 6 nitrogen and oxygen atoms in total. The first-order valence-corrected chi connectivity index (χ1v) is 11.1. The Kier molecular flexibility index (Phi) is 7.14. The highest BCUT2D eigenvalue weighted by atomic mass is 32.2. The van der Waals surface area contributed by atoms with Crippen LogP contribution in [0, 0.1) is 23.2 Å². The number of nitriles is 1. The molecule has 2 N–H and O–H groups in total. The van der Waals surface area contributed by atoms with Crippen LogP contribution in [0.1, 0.15) is 25.7 Å². The van der Waals surface area contributed by atoms with Crippen LogP contribution in [0.3, 0.4) is 0 Å². The molecule has 1 aromatic rings. The van der Waals surface area contributed by atoms with Crippen molar-refractivity contribution in [1.29, 1.82) is 5.26 Å². The van der Waals surface area contributed by atoms with Gasteiger partial charge in [-0.25, -0.2) is 8.42 Å². The first kappa shape index (κ1) is 19.6. The van der Waals surface area contributed by atoms with Crippen molar-refractivity contribution in [2.75, 3.05) is 23.3 Å². The number of sulfonamides is 1. The Morgan fingerprint density at radius 1 is 1.36 bits per heavy atom. The molecule has 0 aromatic heterocycles. The summed E-state index contributed by atoms with van der Waals surface area (Å²) in [5, 5.41) is 11.3. The Morgan fingerprint density at radius 3 is 2.84 bits per heavy atom. The van der Waals surface area contributed by atoms with Gasteiger partial charge in [0.05, 0.1) is 12.3 Å². The van der Waals surface area contributed by atoms with E-state index in [0.29, 0.717) is 5.69 Å². The lowest BCUT2D eigenvalue weighted by atomic mass is 9.80. The van der Waals surface area contributed by atoms with E-state index < -0.39 is 10.0 Å². The summed E-state index contributed by atoms with van der Waals surface area (Å²) >= 11 is 1.63. The quantitative estimate of drug-likeness (QED) is 0.559. The maximum Gasteiger partial charge on any atom is 0.229 e. The Hall–Kier alpha value is -1.72. The van der Waals surface area contributed by atoms with Gasteiger partial charge in [-0.15, -0.1) is 11.8 Å². The van der Waals surface area contributed by atoms with E-state index in [1.807, 2.05) is 18.2 Å². The summed E-state index contributed by atoms with van der Waals surface area (Å²) in [6.07, 6.45) is 5.14. The van der Waals surface area contributed by atoms with Gasteiger partial charge in [-0.1, -0.05) is 18.9 Å². The topological polar surface area (TPSA) is 99.1 Å². The predicted octanol–water partition coefficient (Wildman–Crippen LogP) is 2.60. The van der Waals surface area contributed by atoms with Crippen molar-refractivity contribution in [2.45, 2.75) is 30.6 Å². The number of carbonyl (C=O) groups excluding carboxylic acids is 1. The molecule has 0 heterocycles. The molecule has 8 heteroatoms. The lowest BCUT2D eigenvalue weighted by Gasteiger charge is -2.30. The Balaban J connectivity index is 1.97. The number of nitrogens with one attached hydrogen (secondary N) is 2. The molecule has 1 amide bonds. The van der Waals surface area contributed by atoms with E-state index in [4.69, 9.17) is 5.26 Å². The van der Waals surface area contributed by atoms with Gasteiger partial charge < -0.3 is 5.32 Å². The standard InChI is InChI=1S/C17H23N3O3S2/c1-25(22,23)20-14-6-4-7-15(11-14)24-12-13-5-2-3-8-16(13)17(21)19-10-9-18/h4,6-7,11,13,16,20H,2-3,5,8,10,12H2,1H3,(H,19,21). The molecule has 25 heavy (non-hydrogen) atoms. The number of rotatable bonds is 7. The zero-order valence-corrected chi connectivity index (χ0v) is 15.8. The average molecular weight is 382 g/mol. The van der Waals surface area contributed by atoms with Crippen molar-refractivity contribution in [2.24, 2.45) is 11.8 Å². The van der Waals surface area contributed by atoms with Crippen LogP contribution in [0.5, 0.6) is 0 Å². The fourth-order valence-electron chi connectivity index (χ4n) is 3.08. The van der Waals surface area contributed by atoms with Crippen molar-refractivity contribution in [3.05, 3.63) is 24.3 Å². The maximum atomic E-state index is 12.2. The fraction of sp³-hybridized carbons (Fsp3) is 0.529. The number of nitrogens with zero attached hydrogens (tertiary/aromatic N) is 1. The van der Waals surface area contributed by atoms with Crippen molar-refractivity contribution < 1.29 is 13.2 Å². The number of hydrogen-bond donors (Lipinski definition) is 2. The zero-order chi connectivity index (χ0) is 18.3. The van der Waals surface area contributed by atoms with E-state index in [9.17, 15) is 13.2 Å². The van der Waals surface area contributed by atoms with Crippen LogP contribution in [0.25, 0.3) is 0 Å². The van der Waals surface area contributed by atoms with Gasteiger partial charge in [0.15, 0.2) is 0 Å². The molecule has 0 radical (unpaired) electrons. The van der Waals surface area contributed by atoms with Gasteiger partial charge in [0.1, 0.15) is 6.54 Å². The highest BCUT2D eigenvalue weighted by Gasteiger charge is 2.30. The van der Waals surface area contributed by atoms with Crippen LogP contribution in [0.2, 0.25) is 0 Å². The molecule has 0 spiro atoms. The minimum absolute atomic E-state index is 0.0284. The molecule has 0 saturated heterocycles. The second kappa shape index (κ2) is 9.11. The monoisotopic (exact) mass is 381 g/mol. The fourth-order valence-corrected chi connectivity index (χ4v) is 4.82. The molecular formula is C17H23N3O3S2. The van der Waals surface area contributed by atoms with Gasteiger partial charge in [0, 0.05) is 22.3 Å². The maximum absolute atomic E-state index is 12.2. The van der Waals surface area contributed by atoms with Gasteiger partial charge in [-0.05, 0) is 37.0 Å². The Bertz CT molecular complexity index is 744. The van der Waals surface area contributed by atoms with Crippen molar-refractivity contribution in [1.82, 2.24) is 5.32 Å². The number of carbonyl (C=O) groups is 1. The highest BCUT2D eigenvalue weighted by Crippen LogP contribution is 2.35. The number of benzene rings is 1. The van der Waals surface area contributed by atoms with Crippen LogP contribution >= 0.6 is 11.8 Å². The van der Waals surface area contributed by atoms with Crippen LogP contribution in [-0.4, -0.2) is 32.9 Å².